The molecule has 3 heteroatoms. The highest BCUT2D eigenvalue weighted by Crippen LogP contribution is 2.17. The molecule has 16 heavy (non-hydrogen) atoms. The molecule has 0 aliphatic rings. The number of hydrogen-bond acceptors (Lipinski definition) is 2. The second-order valence-corrected chi connectivity index (χ2v) is 5.65. The van der Waals surface area contributed by atoms with Crippen LogP contribution in [0.3, 0.4) is 0 Å². The summed E-state index contributed by atoms with van der Waals surface area (Å²) < 4.78 is 1.18. The molecule has 2 aromatic rings. The van der Waals surface area contributed by atoms with Crippen molar-refractivity contribution in [1.82, 2.24) is 5.32 Å². The summed E-state index contributed by atoms with van der Waals surface area (Å²) in [4.78, 5) is 1.38. The molecular weight excluding hydrogens is 282 g/mol. The van der Waals surface area contributed by atoms with Gasteiger partial charge in [-0.15, -0.1) is 11.3 Å². The molecule has 0 aliphatic heterocycles. The van der Waals surface area contributed by atoms with Crippen LogP contribution in [0.25, 0.3) is 0 Å². The highest BCUT2D eigenvalue weighted by atomic mass is 79.9. The molecule has 0 bridgehead atoms. The monoisotopic (exact) mass is 295 g/mol. The van der Waals surface area contributed by atoms with Gasteiger partial charge in [0.05, 0.1) is 0 Å². The summed E-state index contributed by atoms with van der Waals surface area (Å²) in [6.07, 6.45) is 0. The standard InChI is InChI=1S/C13H14BrNS/c1-10-4-5-11(7-13(10)14)8-15-9-12-3-2-6-16-12/h2-7,15H,8-9H2,1H3. The van der Waals surface area contributed by atoms with Gasteiger partial charge in [-0.1, -0.05) is 34.1 Å². The van der Waals surface area contributed by atoms with Gasteiger partial charge in [0.2, 0.25) is 0 Å². The van der Waals surface area contributed by atoms with Crippen LogP contribution in [0.15, 0.2) is 40.2 Å². The van der Waals surface area contributed by atoms with Gasteiger partial charge >= 0.3 is 0 Å². The maximum absolute atomic E-state index is 3.55. The summed E-state index contributed by atoms with van der Waals surface area (Å²) >= 11 is 5.34. The lowest BCUT2D eigenvalue weighted by molar-refractivity contribution is 0.700. The minimum Gasteiger partial charge on any atom is -0.308 e. The molecule has 0 aliphatic carbocycles. The van der Waals surface area contributed by atoms with E-state index in [0.29, 0.717) is 0 Å². The summed E-state index contributed by atoms with van der Waals surface area (Å²) in [5.41, 5.74) is 2.59. The van der Waals surface area contributed by atoms with Crippen LogP contribution in [0.2, 0.25) is 0 Å². The summed E-state index contributed by atoms with van der Waals surface area (Å²) in [6.45, 7) is 3.97. The van der Waals surface area contributed by atoms with Gasteiger partial charge in [-0.3, -0.25) is 0 Å². The predicted molar refractivity (Wildman–Crippen MR) is 73.7 cm³/mol. The topological polar surface area (TPSA) is 12.0 Å². The molecule has 0 amide bonds. The Hall–Kier alpha value is -0.640. The summed E-state index contributed by atoms with van der Waals surface area (Å²) in [6, 6.07) is 10.7. The fraction of sp³-hybridized carbons (Fsp3) is 0.231. The SMILES string of the molecule is Cc1ccc(CNCc2cccs2)cc1Br. The average Bonchev–Trinajstić information content (AvgIpc) is 2.76. The zero-order valence-electron chi connectivity index (χ0n) is 9.16. The van der Waals surface area contributed by atoms with Crippen molar-refractivity contribution in [1.29, 1.82) is 0 Å². The summed E-state index contributed by atoms with van der Waals surface area (Å²) in [5.74, 6) is 0. The van der Waals surface area contributed by atoms with E-state index >= 15 is 0 Å². The first-order valence-electron chi connectivity index (χ1n) is 5.24. The normalized spacial score (nSPS) is 10.6. The van der Waals surface area contributed by atoms with Crippen molar-refractivity contribution in [3.8, 4) is 0 Å². The lowest BCUT2D eigenvalue weighted by Gasteiger charge is -2.05. The number of benzene rings is 1. The molecular formula is C13H14BrNS. The molecule has 2 rings (SSSR count). The van der Waals surface area contributed by atoms with Crippen LogP contribution in [-0.4, -0.2) is 0 Å². The molecule has 0 saturated heterocycles. The maximum atomic E-state index is 3.55. The number of rotatable bonds is 4. The second kappa shape index (κ2) is 5.62. The first-order valence-corrected chi connectivity index (χ1v) is 6.91. The molecule has 1 N–H and O–H groups in total. The highest BCUT2D eigenvalue weighted by molar-refractivity contribution is 9.10. The van der Waals surface area contributed by atoms with Crippen molar-refractivity contribution < 1.29 is 0 Å². The first-order chi connectivity index (χ1) is 7.75. The van der Waals surface area contributed by atoms with Crippen molar-refractivity contribution >= 4 is 27.3 Å². The minimum absolute atomic E-state index is 0.913. The zero-order valence-corrected chi connectivity index (χ0v) is 11.6. The van der Waals surface area contributed by atoms with E-state index in [9.17, 15) is 0 Å². The Kier molecular flexibility index (Phi) is 4.16. The lowest BCUT2D eigenvalue weighted by Crippen LogP contribution is -2.11. The molecule has 0 fully saturated rings. The van der Waals surface area contributed by atoms with Gasteiger partial charge in [-0.05, 0) is 35.6 Å². The molecule has 84 valence electrons. The van der Waals surface area contributed by atoms with Gasteiger partial charge in [0, 0.05) is 22.4 Å². The van der Waals surface area contributed by atoms with E-state index in [1.165, 1.54) is 20.5 Å². The summed E-state index contributed by atoms with van der Waals surface area (Å²) in [7, 11) is 0. The average molecular weight is 296 g/mol. The smallest absolute Gasteiger partial charge is 0.0302 e. The van der Waals surface area contributed by atoms with Crippen molar-refractivity contribution in [2.75, 3.05) is 0 Å². The Balaban J connectivity index is 1.87. The molecule has 1 aromatic heterocycles. The maximum Gasteiger partial charge on any atom is 0.0302 e. The van der Waals surface area contributed by atoms with E-state index in [4.69, 9.17) is 0 Å². The Morgan fingerprint density at radius 3 is 2.81 bits per heavy atom. The number of halogens is 1. The summed E-state index contributed by atoms with van der Waals surface area (Å²) in [5, 5.41) is 5.55. The zero-order chi connectivity index (χ0) is 11.4. The second-order valence-electron chi connectivity index (χ2n) is 3.77. The van der Waals surface area contributed by atoms with Crippen molar-refractivity contribution in [2.45, 2.75) is 20.0 Å². The lowest BCUT2D eigenvalue weighted by atomic mass is 10.1. The molecule has 0 spiro atoms. The molecule has 0 saturated carbocycles. The first kappa shape index (κ1) is 11.8. The van der Waals surface area contributed by atoms with Crippen molar-refractivity contribution in [3.63, 3.8) is 0 Å². The van der Waals surface area contributed by atoms with E-state index in [1.54, 1.807) is 11.3 Å². The van der Waals surface area contributed by atoms with Gasteiger partial charge < -0.3 is 5.32 Å². The van der Waals surface area contributed by atoms with Crippen LogP contribution in [0.4, 0.5) is 0 Å². The Morgan fingerprint density at radius 2 is 2.12 bits per heavy atom. The third kappa shape index (κ3) is 3.17. The van der Waals surface area contributed by atoms with Crippen LogP contribution < -0.4 is 5.32 Å². The molecule has 1 nitrogen and oxygen atoms in total. The van der Waals surface area contributed by atoms with Crippen molar-refractivity contribution in [2.24, 2.45) is 0 Å². The van der Waals surface area contributed by atoms with Gasteiger partial charge in [-0.2, -0.15) is 0 Å². The van der Waals surface area contributed by atoms with Gasteiger partial charge in [-0.25, -0.2) is 0 Å². The van der Waals surface area contributed by atoms with E-state index in [-0.39, 0.29) is 0 Å². The Labute approximate surface area is 109 Å². The Bertz CT molecular complexity index is 451. The van der Waals surface area contributed by atoms with Crippen LogP contribution in [0.5, 0.6) is 0 Å². The molecule has 0 radical (unpaired) electrons. The van der Waals surface area contributed by atoms with E-state index < -0.39 is 0 Å². The van der Waals surface area contributed by atoms with Crippen LogP contribution >= 0.6 is 27.3 Å². The third-order valence-electron chi connectivity index (χ3n) is 2.44. The van der Waals surface area contributed by atoms with E-state index in [2.05, 4.69) is 63.9 Å². The predicted octanol–water partition coefficient (Wildman–Crippen LogP) is 4.11. The van der Waals surface area contributed by atoms with E-state index in [0.717, 1.165) is 13.1 Å². The van der Waals surface area contributed by atoms with Crippen LogP contribution in [0.1, 0.15) is 16.0 Å². The largest absolute Gasteiger partial charge is 0.308 e. The van der Waals surface area contributed by atoms with Crippen molar-refractivity contribution in [3.05, 3.63) is 56.2 Å². The van der Waals surface area contributed by atoms with Crippen LogP contribution in [-0.2, 0) is 13.1 Å². The third-order valence-corrected chi connectivity index (χ3v) is 4.18. The number of hydrogen-bond donors (Lipinski definition) is 1. The number of thiophene rings is 1. The van der Waals surface area contributed by atoms with Gasteiger partial charge in [0.15, 0.2) is 0 Å². The quantitative estimate of drug-likeness (QED) is 0.895. The van der Waals surface area contributed by atoms with Crippen LogP contribution in [0, 0.1) is 6.92 Å². The van der Waals surface area contributed by atoms with Gasteiger partial charge in [0.1, 0.15) is 0 Å². The minimum atomic E-state index is 0.913. The molecule has 1 aromatic carbocycles. The van der Waals surface area contributed by atoms with Gasteiger partial charge in [0.25, 0.3) is 0 Å². The number of nitrogens with one attached hydrogen (secondary N) is 1. The fourth-order valence-corrected chi connectivity index (χ4v) is 2.59. The molecule has 1 heterocycles. The molecule has 0 atom stereocenters. The number of aryl methyl sites for hydroxylation is 1. The Morgan fingerprint density at radius 1 is 1.25 bits per heavy atom. The fourth-order valence-electron chi connectivity index (χ4n) is 1.49. The van der Waals surface area contributed by atoms with E-state index in [1.807, 2.05) is 0 Å². The molecule has 0 unspecified atom stereocenters. The highest BCUT2D eigenvalue weighted by Gasteiger charge is 1.98.